The summed E-state index contributed by atoms with van der Waals surface area (Å²) in [6.07, 6.45) is 10.4. The number of carbonyl (C=O) groups excluding carboxylic acids is 1. The molecule has 0 aromatic heterocycles. The number of Topliss-reactive ketones (excluding diaryl/α,β-unsaturated/α-hetero) is 1. The van der Waals surface area contributed by atoms with E-state index < -0.39 is 0 Å². The van der Waals surface area contributed by atoms with Crippen LogP contribution in [0.4, 0.5) is 5.69 Å². The van der Waals surface area contributed by atoms with Crippen LogP contribution in [0.2, 0.25) is 0 Å². The molecule has 0 heterocycles. The van der Waals surface area contributed by atoms with Gasteiger partial charge in [-0.25, -0.2) is 0 Å². The van der Waals surface area contributed by atoms with Crippen molar-refractivity contribution in [3.63, 3.8) is 0 Å². The van der Waals surface area contributed by atoms with E-state index in [1.165, 1.54) is 43.2 Å². The predicted octanol–water partition coefficient (Wildman–Crippen LogP) is 9.60. The van der Waals surface area contributed by atoms with Crippen molar-refractivity contribution < 1.29 is 4.79 Å². The highest BCUT2D eigenvalue weighted by atomic mass is 16.1. The van der Waals surface area contributed by atoms with Gasteiger partial charge >= 0.3 is 0 Å². The van der Waals surface area contributed by atoms with Crippen LogP contribution in [0.15, 0.2) is 47.5 Å². The number of hydrogen-bond acceptors (Lipinski definition) is 3. The lowest BCUT2D eigenvalue weighted by atomic mass is 9.88. The van der Waals surface area contributed by atoms with E-state index in [1.54, 1.807) is 0 Å². The van der Waals surface area contributed by atoms with Crippen LogP contribution < -0.4 is 0 Å². The highest BCUT2D eigenvalue weighted by Gasteiger charge is 2.27. The lowest BCUT2D eigenvalue weighted by Crippen LogP contribution is -2.04. The second kappa shape index (κ2) is 15.4. The van der Waals surface area contributed by atoms with Gasteiger partial charge in [-0.1, -0.05) is 89.8 Å². The Morgan fingerprint density at radius 3 is 2.19 bits per heavy atom. The van der Waals surface area contributed by atoms with Crippen LogP contribution in [0.3, 0.4) is 0 Å². The summed E-state index contributed by atoms with van der Waals surface area (Å²) in [5.41, 5.74) is 6.47. The molecule has 0 aliphatic heterocycles. The molecule has 0 spiro atoms. The van der Waals surface area contributed by atoms with Gasteiger partial charge in [-0.3, -0.25) is 9.79 Å². The van der Waals surface area contributed by atoms with Gasteiger partial charge in [-0.2, -0.15) is 5.26 Å². The average molecular weight is 487 g/mol. The van der Waals surface area contributed by atoms with Gasteiger partial charge in [0.2, 0.25) is 0 Å². The fourth-order valence-electron chi connectivity index (χ4n) is 4.35. The summed E-state index contributed by atoms with van der Waals surface area (Å²) in [6.45, 7) is 12.6. The first-order valence-electron chi connectivity index (χ1n) is 13.9. The van der Waals surface area contributed by atoms with Crippen LogP contribution in [0.5, 0.6) is 0 Å². The zero-order valence-corrected chi connectivity index (χ0v) is 23.4. The number of nitrogens with zero attached hydrogens (tertiary/aromatic N) is 2. The van der Waals surface area contributed by atoms with Crippen molar-refractivity contribution in [1.82, 2.24) is 0 Å². The number of hydrogen-bond donors (Lipinski definition) is 0. The second-order valence-corrected chi connectivity index (χ2v) is 10.6. The van der Waals surface area contributed by atoms with Crippen molar-refractivity contribution >= 4 is 17.2 Å². The van der Waals surface area contributed by atoms with E-state index in [9.17, 15) is 10.1 Å². The number of rotatable bonds is 8. The van der Waals surface area contributed by atoms with Crippen molar-refractivity contribution in [2.45, 2.75) is 111 Å². The normalized spacial score (nSPS) is 15.9. The maximum absolute atomic E-state index is 11.2. The molecule has 1 unspecified atom stereocenters. The molecule has 36 heavy (non-hydrogen) atoms. The third kappa shape index (κ3) is 9.73. The predicted molar refractivity (Wildman–Crippen MR) is 153 cm³/mol. The third-order valence-electron chi connectivity index (χ3n) is 7.21. The Morgan fingerprint density at radius 1 is 1.08 bits per heavy atom. The average Bonchev–Trinajstić information content (AvgIpc) is 3.70. The van der Waals surface area contributed by atoms with Gasteiger partial charge < -0.3 is 0 Å². The lowest BCUT2D eigenvalue weighted by Gasteiger charge is -2.18. The second-order valence-electron chi connectivity index (χ2n) is 10.6. The number of carbonyl (C=O) groups is 1. The first-order valence-corrected chi connectivity index (χ1v) is 13.9. The quantitative estimate of drug-likeness (QED) is 0.349. The Bertz CT molecular complexity index is 1020. The van der Waals surface area contributed by atoms with Crippen molar-refractivity contribution in [2.75, 3.05) is 0 Å². The van der Waals surface area contributed by atoms with Gasteiger partial charge in [-0.05, 0) is 73.6 Å². The van der Waals surface area contributed by atoms with Crippen LogP contribution in [-0.4, -0.2) is 11.5 Å². The fraction of sp³-hybridized carbons (Fsp3) is 0.545. The molecule has 2 aromatic rings. The van der Waals surface area contributed by atoms with Gasteiger partial charge in [0.15, 0.2) is 0 Å². The van der Waals surface area contributed by atoms with Crippen molar-refractivity contribution in [1.29, 1.82) is 5.26 Å². The van der Waals surface area contributed by atoms with Gasteiger partial charge in [-0.15, -0.1) is 0 Å². The van der Waals surface area contributed by atoms with Crippen LogP contribution in [0.25, 0.3) is 0 Å². The molecule has 0 bridgehead atoms. The molecule has 2 fully saturated rings. The molecule has 2 aliphatic rings. The molecule has 4 rings (SSSR count). The van der Waals surface area contributed by atoms with E-state index in [4.69, 9.17) is 0 Å². The molecular formula is C33H46N2O. The zero-order chi connectivity index (χ0) is 26.5. The summed E-state index contributed by atoms with van der Waals surface area (Å²) in [4.78, 5) is 15.8. The Kier molecular flexibility index (Phi) is 12.6. The van der Waals surface area contributed by atoms with E-state index in [-0.39, 0.29) is 0 Å². The number of nitriles is 1. The molecule has 3 nitrogen and oxygen atoms in total. The SMILES string of the molecule is CC1CCC1.CCC(=O)CC(C)c1ccccc1.CCCC(C)=Nc1ccc(C2CC2)c(C#N)c1C. The summed E-state index contributed by atoms with van der Waals surface area (Å²) in [5, 5.41) is 9.34. The van der Waals surface area contributed by atoms with E-state index in [0.717, 1.165) is 41.3 Å². The molecule has 1 atom stereocenters. The molecular weight excluding hydrogens is 440 g/mol. The minimum absolute atomic E-state index is 0.344. The Hall–Kier alpha value is -2.73. The summed E-state index contributed by atoms with van der Waals surface area (Å²) in [5.74, 6) is 2.38. The fourth-order valence-corrected chi connectivity index (χ4v) is 4.35. The van der Waals surface area contributed by atoms with Crippen LogP contribution in [0, 0.1) is 24.2 Å². The van der Waals surface area contributed by atoms with E-state index >= 15 is 0 Å². The topological polar surface area (TPSA) is 53.2 Å². The monoisotopic (exact) mass is 486 g/mol. The third-order valence-corrected chi connectivity index (χ3v) is 7.21. The largest absolute Gasteiger partial charge is 0.300 e. The Balaban J connectivity index is 0.000000220. The zero-order valence-electron chi connectivity index (χ0n) is 23.4. The summed E-state index contributed by atoms with van der Waals surface area (Å²) in [6, 6.07) is 16.7. The van der Waals surface area contributed by atoms with Crippen LogP contribution >= 0.6 is 0 Å². The molecule has 2 aliphatic carbocycles. The molecule has 0 N–H and O–H groups in total. The van der Waals surface area contributed by atoms with Crippen molar-refractivity contribution in [3.8, 4) is 6.07 Å². The molecule has 0 saturated heterocycles. The number of benzene rings is 2. The molecule has 3 heteroatoms. The van der Waals surface area contributed by atoms with Crippen LogP contribution in [-0.2, 0) is 4.79 Å². The first-order chi connectivity index (χ1) is 17.3. The van der Waals surface area contributed by atoms with E-state index in [0.29, 0.717) is 30.5 Å². The molecule has 194 valence electrons. The van der Waals surface area contributed by atoms with E-state index in [2.05, 4.69) is 63.0 Å². The van der Waals surface area contributed by atoms with Crippen molar-refractivity contribution in [3.05, 3.63) is 64.7 Å². The highest BCUT2D eigenvalue weighted by Crippen LogP contribution is 2.43. The lowest BCUT2D eigenvalue weighted by molar-refractivity contribution is -0.119. The smallest absolute Gasteiger partial charge is 0.133 e. The van der Waals surface area contributed by atoms with E-state index in [1.807, 2.05) is 32.0 Å². The molecule has 2 aromatic carbocycles. The summed E-state index contributed by atoms with van der Waals surface area (Å²) in [7, 11) is 0. The van der Waals surface area contributed by atoms with Crippen molar-refractivity contribution in [2.24, 2.45) is 10.9 Å². The van der Waals surface area contributed by atoms with Gasteiger partial charge in [0.1, 0.15) is 5.78 Å². The molecule has 2 saturated carbocycles. The number of ketones is 1. The van der Waals surface area contributed by atoms with Gasteiger partial charge in [0, 0.05) is 18.6 Å². The standard InChI is InChI=1S/C16H20N2.C12H16O.C5H10/c1-4-5-11(2)18-16-9-8-14(13-6-7-13)15(10-17)12(16)3;1-3-12(13)9-10(2)11-7-5-4-6-8-11;1-5-3-2-4-5/h8-9,13H,4-7H2,1-3H3;4-8,10H,3,9H2,1-2H3;5H,2-4H2,1H3. The maximum Gasteiger partial charge on any atom is 0.133 e. The first kappa shape index (κ1) is 29.5. The van der Waals surface area contributed by atoms with Gasteiger partial charge in [0.05, 0.1) is 17.3 Å². The van der Waals surface area contributed by atoms with Gasteiger partial charge in [0.25, 0.3) is 0 Å². The summed E-state index contributed by atoms with van der Waals surface area (Å²) >= 11 is 0. The minimum Gasteiger partial charge on any atom is -0.300 e. The van der Waals surface area contributed by atoms with Crippen LogP contribution in [0.1, 0.15) is 126 Å². The molecule has 0 amide bonds. The minimum atomic E-state index is 0.344. The maximum atomic E-state index is 11.2. The highest BCUT2D eigenvalue weighted by molar-refractivity contribution is 5.85. The Morgan fingerprint density at radius 2 is 1.72 bits per heavy atom. The Labute approximate surface area is 220 Å². The molecule has 0 radical (unpaired) electrons. The number of aliphatic imine (C=N–C) groups is 1. The summed E-state index contributed by atoms with van der Waals surface area (Å²) < 4.78 is 0.